The second kappa shape index (κ2) is 6.01. The van der Waals surface area contributed by atoms with E-state index in [1.807, 2.05) is 12.3 Å². The quantitative estimate of drug-likeness (QED) is 0.732. The average molecular weight is 285 g/mol. The molecule has 1 aromatic carbocycles. The molecule has 0 spiro atoms. The zero-order chi connectivity index (χ0) is 14.7. The van der Waals surface area contributed by atoms with Crippen LogP contribution in [0.1, 0.15) is 17.0 Å². The Morgan fingerprint density at radius 3 is 3.05 bits per heavy atom. The molecule has 1 N–H and O–H groups in total. The van der Waals surface area contributed by atoms with Crippen LogP contribution in [0.2, 0.25) is 0 Å². The number of fused-ring (bicyclic) bond motifs is 1. The first-order chi connectivity index (χ1) is 10.2. The van der Waals surface area contributed by atoms with E-state index in [9.17, 15) is 4.39 Å². The number of benzene rings is 1. The zero-order valence-corrected chi connectivity index (χ0v) is 11.8. The molecule has 0 atom stereocenters. The van der Waals surface area contributed by atoms with Crippen LogP contribution in [0.25, 0.3) is 11.1 Å². The number of oxazole rings is 1. The fourth-order valence-corrected chi connectivity index (χ4v) is 2.22. The van der Waals surface area contributed by atoms with Crippen molar-refractivity contribution in [2.45, 2.75) is 19.9 Å². The van der Waals surface area contributed by atoms with Gasteiger partial charge in [0, 0.05) is 18.5 Å². The second-order valence-corrected chi connectivity index (χ2v) is 4.95. The van der Waals surface area contributed by atoms with Gasteiger partial charge in [0.2, 0.25) is 5.89 Å². The minimum absolute atomic E-state index is 0.302. The smallest absolute Gasteiger partial charge is 0.209 e. The third-order valence-corrected chi connectivity index (χ3v) is 3.38. The van der Waals surface area contributed by atoms with Crippen molar-refractivity contribution in [2.24, 2.45) is 0 Å². The van der Waals surface area contributed by atoms with Gasteiger partial charge in [-0.15, -0.1) is 0 Å². The monoisotopic (exact) mass is 285 g/mol. The van der Waals surface area contributed by atoms with Gasteiger partial charge in [0.25, 0.3) is 0 Å². The number of aromatic nitrogens is 2. The standard InChI is InChI=1S/C16H16FN3O/c1-11-9-18-6-4-12(11)5-7-19-10-16-20-14-8-13(17)2-3-15(14)21-16/h2-4,6,8-9,19H,5,7,10H2,1H3. The van der Waals surface area contributed by atoms with Crippen LogP contribution in [0.15, 0.2) is 41.1 Å². The number of rotatable bonds is 5. The van der Waals surface area contributed by atoms with Gasteiger partial charge in [0.1, 0.15) is 11.3 Å². The summed E-state index contributed by atoms with van der Waals surface area (Å²) in [5.74, 6) is 0.269. The molecule has 2 aromatic heterocycles. The van der Waals surface area contributed by atoms with Gasteiger partial charge in [-0.1, -0.05) is 0 Å². The lowest BCUT2D eigenvalue weighted by Crippen LogP contribution is -2.17. The van der Waals surface area contributed by atoms with E-state index in [1.54, 1.807) is 12.3 Å². The van der Waals surface area contributed by atoms with Gasteiger partial charge in [-0.05, 0) is 49.2 Å². The molecule has 2 heterocycles. The molecular formula is C16H16FN3O. The molecule has 0 saturated heterocycles. The van der Waals surface area contributed by atoms with Crippen LogP contribution in [-0.4, -0.2) is 16.5 Å². The summed E-state index contributed by atoms with van der Waals surface area (Å²) in [6, 6.07) is 6.38. The Morgan fingerprint density at radius 2 is 2.19 bits per heavy atom. The molecule has 108 valence electrons. The summed E-state index contributed by atoms with van der Waals surface area (Å²) in [6.45, 7) is 3.40. The Balaban J connectivity index is 1.56. The topological polar surface area (TPSA) is 51.0 Å². The summed E-state index contributed by atoms with van der Waals surface area (Å²) < 4.78 is 18.6. The van der Waals surface area contributed by atoms with Crippen molar-refractivity contribution in [3.05, 3.63) is 59.5 Å². The second-order valence-electron chi connectivity index (χ2n) is 4.95. The van der Waals surface area contributed by atoms with Crippen molar-refractivity contribution in [1.82, 2.24) is 15.3 Å². The molecule has 21 heavy (non-hydrogen) atoms. The lowest BCUT2D eigenvalue weighted by atomic mass is 10.1. The summed E-state index contributed by atoms with van der Waals surface area (Å²) in [4.78, 5) is 8.33. The van der Waals surface area contributed by atoms with Crippen molar-refractivity contribution >= 4 is 11.1 Å². The summed E-state index contributed by atoms with van der Waals surface area (Å²) >= 11 is 0. The summed E-state index contributed by atoms with van der Waals surface area (Å²) in [5.41, 5.74) is 3.63. The predicted molar refractivity (Wildman–Crippen MR) is 78.4 cm³/mol. The lowest BCUT2D eigenvalue weighted by Gasteiger charge is -2.05. The molecule has 3 rings (SSSR count). The van der Waals surface area contributed by atoms with Crippen LogP contribution < -0.4 is 5.32 Å². The van der Waals surface area contributed by atoms with E-state index in [0.29, 0.717) is 23.5 Å². The van der Waals surface area contributed by atoms with Crippen LogP contribution in [0.4, 0.5) is 4.39 Å². The molecule has 0 amide bonds. The van der Waals surface area contributed by atoms with E-state index >= 15 is 0 Å². The number of nitrogens with zero attached hydrogens (tertiary/aromatic N) is 2. The molecule has 0 unspecified atom stereocenters. The van der Waals surface area contributed by atoms with Crippen LogP contribution in [0, 0.1) is 12.7 Å². The van der Waals surface area contributed by atoms with Crippen LogP contribution >= 0.6 is 0 Å². The highest BCUT2D eigenvalue weighted by Crippen LogP contribution is 2.16. The van der Waals surface area contributed by atoms with Gasteiger partial charge in [-0.2, -0.15) is 0 Å². The third kappa shape index (κ3) is 3.25. The Kier molecular flexibility index (Phi) is 3.92. The van der Waals surface area contributed by atoms with E-state index < -0.39 is 0 Å². The number of aryl methyl sites for hydroxylation is 1. The highest BCUT2D eigenvalue weighted by atomic mass is 19.1. The largest absolute Gasteiger partial charge is 0.439 e. The summed E-state index contributed by atoms with van der Waals surface area (Å²) in [5, 5.41) is 3.28. The molecule has 4 nitrogen and oxygen atoms in total. The molecule has 0 bridgehead atoms. The number of halogens is 1. The highest BCUT2D eigenvalue weighted by Gasteiger charge is 2.06. The minimum atomic E-state index is -0.302. The first kappa shape index (κ1) is 13.7. The maximum atomic E-state index is 13.1. The summed E-state index contributed by atoms with van der Waals surface area (Å²) in [7, 11) is 0. The Morgan fingerprint density at radius 1 is 1.29 bits per heavy atom. The molecule has 0 aliphatic heterocycles. The van der Waals surface area contributed by atoms with Gasteiger partial charge in [-0.3, -0.25) is 4.98 Å². The highest BCUT2D eigenvalue weighted by molar-refractivity contribution is 5.72. The van der Waals surface area contributed by atoms with Crippen molar-refractivity contribution in [3.63, 3.8) is 0 Å². The third-order valence-electron chi connectivity index (χ3n) is 3.38. The van der Waals surface area contributed by atoms with Crippen molar-refractivity contribution in [3.8, 4) is 0 Å². The fraction of sp³-hybridized carbons (Fsp3) is 0.250. The van der Waals surface area contributed by atoms with E-state index in [1.165, 1.54) is 23.3 Å². The minimum Gasteiger partial charge on any atom is -0.439 e. The molecule has 5 heteroatoms. The van der Waals surface area contributed by atoms with Gasteiger partial charge >= 0.3 is 0 Å². The van der Waals surface area contributed by atoms with Gasteiger partial charge < -0.3 is 9.73 Å². The van der Waals surface area contributed by atoms with Gasteiger partial charge in [0.05, 0.1) is 6.54 Å². The van der Waals surface area contributed by atoms with Crippen LogP contribution in [-0.2, 0) is 13.0 Å². The van der Waals surface area contributed by atoms with E-state index in [2.05, 4.69) is 22.2 Å². The SMILES string of the molecule is Cc1cnccc1CCNCc1nc2cc(F)ccc2o1. The van der Waals surface area contributed by atoms with E-state index in [-0.39, 0.29) is 5.82 Å². The molecule has 0 aliphatic carbocycles. The maximum absolute atomic E-state index is 13.1. The number of hydrogen-bond acceptors (Lipinski definition) is 4. The first-order valence-corrected chi connectivity index (χ1v) is 6.87. The van der Waals surface area contributed by atoms with Crippen molar-refractivity contribution in [2.75, 3.05) is 6.54 Å². The Hall–Kier alpha value is -2.27. The van der Waals surface area contributed by atoms with Crippen LogP contribution in [0.5, 0.6) is 0 Å². The molecule has 0 aliphatic rings. The summed E-state index contributed by atoms with van der Waals surface area (Å²) in [6.07, 6.45) is 4.59. The number of hydrogen-bond donors (Lipinski definition) is 1. The first-order valence-electron chi connectivity index (χ1n) is 6.87. The predicted octanol–water partition coefficient (Wildman–Crippen LogP) is 3.00. The molecule has 0 radical (unpaired) electrons. The molecule has 3 aromatic rings. The van der Waals surface area contributed by atoms with Gasteiger partial charge in [-0.25, -0.2) is 9.37 Å². The van der Waals surface area contributed by atoms with E-state index in [4.69, 9.17) is 4.42 Å². The average Bonchev–Trinajstić information content (AvgIpc) is 2.87. The Labute approximate surface area is 122 Å². The number of pyridine rings is 1. The van der Waals surface area contributed by atoms with E-state index in [0.717, 1.165) is 13.0 Å². The number of nitrogens with one attached hydrogen (secondary N) is 1. The van der Waals surface area contributed by atoms with Gasteiger partial charge in [0.15, 0.2) is 5.58 Å². The van der Waals surface area contributed by atoms with Crippen molar-refractivity contribution < 1.29 is 8.81 Å². The fourth-order valence-electron chi connectivity index (χ4n) is 2.22. The van der Waals surface area contributed by atoms with Crippen LogP contribution in [0.3, 0.4) is 0 Å². The Bertz CT molecular complexity index is 754. The lowest BCUT2D eigenvalue weighted by molar-refractivity contribution is 0.496. The normalized spacial score (nSPS) is 11.1. The maximum Gasteiger partial charge on any atom is 0.209 e. The van der Waals surface area contributed by atoms with Crippen molar-refractivity contribution in [1.29, 1.82) is 0 Å². The molecular weight excluding hydrogens is 269 g/mol. The molecule has 0 fully saturated rings. The molecule has 0 saturated carbocycles. The zero-order valence-electron chi connectivity index (χ0n) is 11.8.